The Bertz CT molecular complexity index is 174. The number of nitrogens with zero attached hydrogens (tertiary/aromatic N) is 1. The van der Waals surface area contributed by atoms with Gasteiger partial charge in [0, 0.05) is 0 Å². The van der Waals surface area contributed by atoms with Gasteiger partial charge in [0.15, 0.2) is 0 Å². The Morgan fingerprint density at radius 2 is 2.18 bits per heavy atom. The van der Waals surface area contributed by atoms with Crippen LogP contribution in [0.4, 0.5) is 0 Å². The quantitative estimate of drug-likeness (QED) is 0.656. The molecule has 0 radical (unpaired) electrons. The Balaban J connectivity index is 2.32. The summed E-state index contributed by atoms with van der Waals surface area (Å²) in [5, 5.41) is 18.2. The van der Waals surface area contributed by atoms with Gasteiger partial charge >= 0.3 is 0 Å². The fourth-order valence-electron chi connectivity index (χ4n) is 1.88. The van der Waals surface area contributed by atoms with Crippen LogP contribution >= 0.6 is 0 Å². The lowest BCUT2D eigenvalue weighted by Crippen LogP contribution is -2.44. The third-order valence-corrected chi connectivity index (χ3v) is 2.22. The molecule has 0 saturated heterocycles. The lowest BCUT2D eigenvalue weighted by atomic mass is 9.68. The second-order valence-corrected chi connectivity index (χ2v) is 4.06. The third kappa shape index (κ3) is 1.94. The minimum Gasteiger partial charge on any atom is -0.390 e. The van der Waals surface area contributed by atoms with E-state index < -0.39 is 5.60 Å². The minimum atomic E-state index is -0.505. The summed E-state index contributed by atoms with van der Waals surface area (Å²) < 4.78 is 0. The molecule has 1 aliphatic carbocycles. The van der Waals surface area contributed by atoms with E-state index in [-0.39, 0.29) is 5.92 Å². The molecule has 0 aromatic carbocycles. The molecule has 1 aliphatic rings. The van der Waals surface area contributed by atoms with Gasteiger partial charge in [-0.3, -0.25) is 0 Å². The summed E-state index contributed by atoms with van der Waals surface area (Å²) in [6.07, 6.45) is 2.20. The van der Waals surface area contributed by atoms with E-state index in [1.165, 1.54) is 0 Å². The van der Waals surface area contributed by atoms with Crippen molar-refractivity contribution in [3.63, 3.8) is 0 Å². The Morgan fingerprint density at radius 1 is 1.64 bits per heavy atom. The van der Waals surface area contributed by atoms with Crippen molar-refractivity contribution < 1.29 is 5.11 Å². The van der Waals surface area contributed by atoms with Crippen molar-refractivity contribution in [3.8, 4) is 6.07 Å². The Labute approximate surface area is 67.8 Å². The molecule has 0 aliphatic heterocycles. The first kappa shape index (κ1) is 8.55. The maximum absolute atomic E-state index is 9.73. The molecule has 2 nitrogen and oxygen atoms in total. The second kappa shape index (κ2) is 2.83. The summed E-state index contributed by atoms with van der Waals surface area (Å²) in [5.41, 5.74) is -0.505. The van der Waals surface area contributed by atoms with Gasteiger partial charge in [0.05, 0.1) is 17.6 Å². The zero-order chi connectivity index (χ0) is 8.48. The SMILES string of the molecule is CC(C)CC1(O)CC(C#N)C1. The van der Waals surface area contributed by atoms with E-state index in [1.807, 2.05) is 0 Å². The first-order valence-corrected chi connectivity index (χ1v) is 4.18. The van der Waals surface area contributed by atoms with Crippen LogP contribution < -0.4 is 0 Å². The normalized spacial score (nSPS) is 36.5. The lowest BCUT2D eigenvalue weighted by Gasteiger charge is -2.41. The van der Waals surface area contributed by atoms with Gasteiger partial charge in [0.1, 0.15) is 0 Å². The molecule has 0 bridgehead atoms. The molecule has 0 amide bonds. The average molecular weight is 153 g/mol. The van der Waals surface area contributed by atoms with Gasteiger partial charge in [-0.25, -0.2) is 0 Å². The van der Waals surface area contributed by atoms with E-state index in [0.29, 0.717) is 18.8 Å². The van der Waals surface area contributed by atoms with E-state index in [4.69, 9.17) is 5.26 Å². The van der Waals surface area contributed by atoms with E-state index in [2.05, 4.69) is 19.9 Å². The van der Waals surface area contributed by atoms with E-state index in [0.717, 1.165) is 6.42 Å². The molecule has 11 heavy (non-hydrogen) atoms. The van der Waals surface area contributed by atoms with Crippen LogP contribution in [0, 0.1) is 23.2 Å². The summed E-state index contributed by atoms with van der Waals surface area (Å²) in [7, 11) is 0. The molecule has 0 unspecified atom stereocenters. The lowest BCUT2D eigenvalue weighted by molar-refractivity contribution is -0.0713. The fraction of sp³-hybridized carbons (Fsp3) is 0.889. The molecule has 1 rings (SSSR count). The Hall–Kier alpha value is -0.550. The number of hydrogen-bond donors (Lipinski definition) is 1. The molecule has 0 heterocycles. The summed E-state index contributed by atoms with van der Waals surface area (Å²) in [6.45, 7) is 4.19. The molecule has 0 aromatic rings. The molecule has 1 N–H and O–H groups in total. The largest absolute Gasteiger partial charge is 0.390 e. The van der Waals surface area contributed by atoms with Crippen molar-refractivity contribution in [2.24, 2.45) is 11.8 Å². The van der Waals surface area contributed by atoms with Crippen LogP contribution in [0.2, 0.25) is 0 Å². The van der Waals surface area contributed by atoms with Crippen LogP contribution in [0.25, 0.3) is 0 Å². The summed E-state index contributed by atoms with van der Waals surface area (Å²) in [4.78, 5) is 0. The standard InChI is InChI=1S/C9H15NO/c1-7(2)3-9(11)4-8(5-9)6-10/h7-8,11H,3-5H2,1-2H3. The maximum Gasteiger partial charge on any atom is 0.0675 e. The van der Waals surface area contributed by atoms with E-state index in [9.17, 15) is 5.11 Å². The predicted octanol–water partition coefficient (Wildman–Crippen LogP) is 1.70. The molecular formula is C9H15NO. The summed E-state index contributed by atoms with van der Waals surface area (Å²) >= 11 is 0. The van der Waals surface area contributed by atoms with Gasteiger partial charge in [-0.1, -0.05) is 13.8 Å². The number of rotatable bonds is 2. The molecule has 62 valence electrons. The van der Waals surface area contributed by atoms with E-state index in [1.54, 1.807) is 0 Å². The van der Waals surface area contributed by atoms with E-state index >= 15 is 0 Å². The average Bonchev–Trinajstić information content (AvgIpc) is 1.80. The van der Waals surface area contributed by atoms with Crippen LogP contribution in [0.1, 0.15) is 33.1 Å². The number of nitriles is 1. The van der Waals surface area contributed by atoms with Gasteiger partial charge in [-0.15, -0.1) is 0 Å². The van der Waals surface area contributed by atoms with Crippen LogP contribution in [0.5, 0.6) is 0 Å². The first-order valence-electron chi connectivity index (χ1n) is 4.18. The van der Waals surface area contributed by atoms with Gasteiger partial charge in [-0.05, 0) is 25.2 Å². The maximum atomic E-state index is 9.73. The highest BCUT2D eigenvalue weighted by molar-refractivity contribution is 5.03. The molecule has 0 atom stereocenters. The van der Waals surface area contributed by atoms with Gasteiger partial charge in [0.2, 0.25) is 0 Å². The van der Waals surface area contributed by atoms with Gasteiger partial charge < -0.3 is 5.11 Å². The Kier molecular flexibility index (Phi) is 2.20. The van der Waals surface area contributed by atoms with Crippen molar-refractivity contribution >= 4 is 0 Å². The van der Waals surface area contributed by atoms with Crippen LogP contribution in [-0.4, -0.2) is 10.7 Å². The monoisotopic (exact) mass is 153 g/mol. The molecule has 0 spiro atoms. The predicted molar refractivity (Wildman–Crippen MR) is 42.7 cm³/mol. The van der Waals surface area contributed by atoms with Crippen molar-refractivity contribution in [2.75, 3.05) is 0 Å². The topological polar surface area (TPSA) is 44.0 Å². The van der Waals surface area contributed by atoms with Crippen LogP contribution in [-0.2, 0) is 0 Å². The highest BCUT2D eigenvalue weighted by Gasteiger charge is 2.42. The highest BCUT2D eigenvalue weighted by atomic mass is 16.3. The van der Waals surface area contributed by atoms with Crippen molar-refractivity contribution in [1.29, 1.82) is 5.26 Å². The molecule has 1 fully saturated rings. The zero-order valence-corrected chi connectivity index (χ0v) is 7.17. The molecule has 0 aromatic heterocycles. The first-order chi connectivity index (χ1) is 5.06. The highest BCUT2D eigenvalue weighted by Crippen LogP contribution is 2.41. The molecular weight excluding hydrogens is 138 g/mol. The number of hydrogen-bond acceptors (Lipinski definition) is 2. The Morgan fingerprint density at radius 3 is 2.55 bits per heavy atom. The van der Waals surface area contributed by atoms with Crippen LogP contribution in [0.3, 0.4) is 0 Å². The van der Waals surface area contributed by atoms with Crippen molar-refractivity contribution in [1.82, 2.24) is 0 Å². The van der Waals surface area contributed by atoms with Crippen molar-refractivity contribution in [2.45, 2.75) is 38.7 Å². The summed E-state index contributed by atoms with van der Waals surface area (Å²) in [6, 6.07) is 2.17. The molecule has 1 saturated carbocycles. The van der Waals surface area contributed by atoms with Crippen molar-refractivity contribution in [3.05, 3.63) is 0 Å². The zero-order valence-electron chi connectivity index (χ0n) is 7.17. The number of aliphatic hydroxyl groups is 1. The minimum absolute atomic E-state index is 0.110. The van der Waals surface area contributed by atoms with Crippen LogP contribution in [0.15, 0.2) is 0 Å². The fourth-order valence-corrected chi connectivity index (χ4v) is 1.88. The van der Waals surface area contributed by atoms with Gasteiger partial charge in [0.25, 0.3) is 0 Å². The second-order valence-electron chi connectivity index (χ2n) is 4.06. The summed E-state index contributed by atoms with van der Waals surface area (Å²) in [5.74, 6) is 0.637. The van der Waals surface area contributed by atoms with Gasteiger partial charge in [-0.2, -0.15) is 5.26 Å². The third-order valence-electron chi connectivity index (χ3n) is 2.22. The molecule has 2 heteroatoms. The smallest absolute Gasteiger partial charge is 0.0675 e.